The van der Waals surface area contributed by atoms with Crippen LogP contribution in [0, 0.1) is 18.8 Å². The Morgan fingerprint density at radius 1 is 1.09 bits per heavy atom. The molecular formula is C30H25N9O4S. The molecule has 0 aliphatic rings. The maximum absolute atomic E-state index is 14.2. The molecule has 0 spiro atoms. The number of hydrogen-bond donors (Lipinski definition) is 2. The third-order valence-corrected chi connectivity index (χ3v) is 8.06. The lowest BCUT2D eigenvalue weighted by atomic mass is 10.1. The highest BCUT2D eigenvalue weighted by atomic mass is 32.2. The number of nitrogens with two attached hydrogens (primary N) is 1. The molecule has 14 heteroatoms. The first-order valence-corrected chi connectivity index (χ1v) is 15.0. The molecule has 3 N–H and O–H groups in total. The molecule has 0 unspecified atom stereocenters. The van der Waals surface area contributed by atoms with Gasteiger partial charge in [0.25, 0.3) is 21.5 Å². The zero-order valence-electron chi connectivity index (χ0n) is 23.5. The van der Waals surface area contributed by atoms with Crippen LogP contribution < -0.4 is 16.6 Å². The SMILES string of the molecule is Cc1nn2cccnc2c1C(=O)N[C@@H](C)c1nc2cccc(C#Cc3cnn(S(=O)(=O)CN)c3)c2c(=O)n1-c1ccccc1. The van der Waals surface area contributed by atoms with Gasteiger partial charge in [0, 0.05) is 18.0 Å². The van der Waals surface area contributed by atoms with E-state index in [0.717, 1.165) is 4.09 Å². The quantitative estimate of drug-likeness (QED) is 0.268. The number of fused-ring (bicyclic) bond motifs is 2. The van der Waals surface area contributed by atoms with Gasteiger partial charge in [-0.2, -0.15) is 14.3 Å². The van der Waals surface area contributed by atoms with Crippen LogP contribution in [-0.2, 0) is 10.0 Å². The Hall–Kier alpha value is -5.65. The van der Waals surface area contributed by atoms with Crippen molar-refractivity contribution in [1.29, 1.82) is 0 Å². The number of carbonyl (C=O) groups excluding carboxylic acids is 1. The van der Waals surface area contributed by atoms with Crippen molar-refractivity contribution in [3.8, 4) is 17.5 Å². The van der Waals surface area contributed by atoms with E-state index in [0.29, 0.717) is 45.1 Å². The van der Waals surface area contributed by atoms with Gasteiger partial charge in [0.05, 0.1) is 46.3 Å². The van der Waals surface area contributed by atoms with Crippen LogP contribution in [0.25, 0.3) is 22.2 Å². The van der Waals surface area contributed by atoms with Crippen molar-refractivity contribution < 1.29 is 13.2 Å². The summed E-state index contributed by atoms with van der Waals surface area (Å²) in [6.45, 7) is 3.48. The topological polar surface area (TPSA) is 172 Å². The molecule has 6 rings (SSSR count). The summed E-state index contributed by atoms with van der Waals surface area (Å²) in [7, 11) is -3.77. The van der Waals surface area contributed by atoms with Gasteiger partial charge in [-0.3, -0.25) is 14.2 Å². The maximum atomic E-state index is 14.2. The lowest BCUT2D eigenvalue weighted by molar-refractivity contribution is 0.0938. The van der Waals surface area contributed by atoms with E-state index in [-0.39, 0.29) is 5.39 Å². The average Bonchev–Trinajstić information content (AvgIpc) is 3.64. The molecule has 0 saturated heterocycles. The predicted octanol–water partition coefficient (Wildman–Crippen LogP) is 1.92. The zero-order chi connectivity index (χ0) is 31.0. The molecule has 2 aromatic carbocycles. The fraction of sp³-hybridized carbons (Fsp3) is 0.133. The minimum absolute atomic E-state index is 0.260. The molecule has 4 aromatic heterocycles. The summed E-state index contributed by atoms with van der Waals surface area (Å²) < 4.78 is 27.8. The summed E-state index contributed by atoms with van der Waals surface area (Å²) in [5.74, 6) is 5.13. The van der Waals surface area contributed by atoms with Gasteiger partial charge < -0.3 is 11.1 Å². The van der Waals surface area contributed by atoms with E-state index in [2.05, 4.69) is 32.3 Å². The number of aryl methyl sites for hydroxylation is 1. The van der Waals surface area contributed by atoms with Crippen LogP contribution in [0.3, 0.4) is 0 Å². The molecule has 1 atom stereocenters. The van der Waals surface area contributed by atoms with Crippen LogP contribution in [0.2, 0.25) is 0 Å². The summed E-state index contributed by atoms with van der Waals surface area (Å²) in [6, 6.07) is 15.1. The van der Waals surface area contributed by atoms with Crippen molar-refractivity contribution in [2.75, 3.05) is 5.88 Å². The highest BCUT2D eigenvalue weighted by molar-refractivity contribution is 7.89. The molecule has 0 bridgehead atoms. The summed E-state index contributed by atoms with van der Waals surface area (Å²) in [6.07, 6.45) is 5.85. The number of nitrogens with zero attached hydrogens (tertiary/aromatic N) is 7. The van der Waals surface area contributed by atoms with Crippen LogP contribution in [-0.4, -0.2) is 53.5 Å². The van der Waals surface area contributed by atoms with Gasteiger partial charge in [0.1, 0.15) is 17.3 Å². The fourth-order valence-corrected chi connectivity index (χ4v) is 5.42. The summed E-state index contributed by atoms with van der Waals surface area (Å²) in [5, 5.41) is 11.4. The fourth-order valence-electron chi connectivity index (χ4n) is 4.80. The van der Waals surface area contributed by atoms with Crippen LogP contribution in [0.5, 0.6) is 0 Å². The average molecular weight is 608 g/mol. The van der Waals surface area contributed by atoms with Crippen molar-refractivity contribution in [2.45, 2.75) is 19.9 Å². The normalized spacial score (nSPS) is 12.2. The molecule has 0 radical (unpaired) electrons. The van der Waals surface area contributed by atoms with Crippen LogP contribution in [0.15, 0.2) is 84.2 Å². The standard InChI is InChI=1S/C30H25N9O4S/c1-19-25(28-32-14-7-15-37(28)36-19)29(40)34-20(2)27-35-24-11-6-8-22(13-12-21-16-33-38(17-21)44(42,43)18-31)26(24)30(41)39(27)23-9-4-3-5-10-23/h3-11,14-17,20H,18,31H2,1-2H3,(H,34,40)/t20-/m0/s1. The molecule has 44 heavy (non-hydrogen) atoms. The van der Waals surface area contributed by atoms with Crippen molar-refractivity contribution in [3.05, 3.63) is 118 Å². The van der Waals surface area contributed by atoms with Crippen LogP contribution in [0.1, 0.15) is 46.0 Å². The second-order valence-corrected chi connectivity index (χ2v) is 11.7. The smallest absolute Gasteiger partial charge is 0.267 e. The number of amides is 1. The van der Waals surface area contributed by atoms with E-state index >= 15 is 0 Å². The Morgan fingerprint density at radius 3 is 2.66 bits per heavy atom. The Bertz CT molecular complexity index is 2300. The molecule has 4 heterocycles. The summed E-state index contributed by atoms with van der Waals surface area (Å²) in [5.41, 5.74) is 7.79. The number of benzene rings is 2. The second-order valence-electron chi connectivity index (χ2n) is 9.82. The van der Waals surface area contributed by atoms with E-state index in [1.54, 1.807) is 74.8 Å². The zero-order valence-corrected chi connectivity index (χ0v) is 24.4. The summed E-state index contributed by atoms with van der Waals surface area (Å²) >= 11 is 0. The minimum Gasteiger partial charge on any atom is -0.342 e. The van der Waals surface area contributed by atoms with Gasteiger partial charge in [-0.05, 0) is 44.2 Å². The number of carbonyl (C=O) groups is 1. The van der Waals surface area contributed by atoms with Gasteiger partial charge in [0.15, 0.2) is 5.65 Å². The molecule has 0 aliphatic carbocycles. The van der Waals surface area contributed by atoms with Crippen LogP contribution >= 0.6 is 0 Å². The van der Waals surface area contributed by atoms with Crippen molar-refractivity contribution >= 4 is 32.5 Å². The number of rotatable bonds is 6. The van der Waals surface area contributed by atoms with E-state index in [1.165, 1.54) is 21.5 Å². The lowest BCUT2D eigenvalue weighted by Gasteiger charge is -2.20. The van der Waals surface area contributed by atoms with Gasteiger partial charge >= 0.3 is 0 Å². The monoisotopic (exact) mass is 607 g/mol. The second kappa shape index (κ2) is 11.2. The molecule has 1 amide bonds. The first-order chi connectivity index (χ1) is 21.2. The van der Waals surface area contributed by atoms with E-state index in [4.69, 9.17) is 10.7 Å². The Kier molecular flexibility index (Phi) is 7.25. The van der Waals surface area contributed by atoms with Gasteiger partial charge in [-0.15, -0.1) is 0 Å². The number of hydrogen-bond acceptors (Lipinski definition) is 9. The van der Waals surface area contributed by atoms with E-state index in [9.17, 15) is 18.0 Å². The molecule has 13 nitrogen and oxygen atoms in total. The van der Waals surface area contributed by atoms with Crippen LogP contribution in [0.4, 0.5) is 0 Å². The van der Waals surface area contributed by atoms with E-state index in [1.807, 2.05) is 6.07 Å². The van der Waals surface area contributed by atoms with Gasteiger partial charge in [0.2, 0.25) is 0 Å². The lowest BCUT2D eigenvalue weighted by Crippen LogP contribution is -2.33. The van der Waals surface area contributed by atoms with Crippen molar-refractivity contribution in [2.24, 2.45) is 5.73 Å². The number of nitrogens with one attached hydrogen (secondary N) is 1. The van der Waals surface area contributed by atoms with E-state index < -0.39 is 33.4 Å². The molecule has 0 saturated carbocycles. The Balaban J connectivity index is 1.45. The minimum atomic E-state index is -3.77. The largest absolute Gasteiger partial charge is 0.342 e. The third kappa shape index (κ3) is 5.10. The first kappa shape index (κ1) is 28.5. The highest BCUT2D eigenvalue weighted by Gasteiger charge is 2.24. The molecule has 0 aliphatic heterocycles. The van der Waals surface area contributed by atoms with Crippen molar-refractivity contribution in [1.82, 2.24) is 38.7 Å². The molecular weight excluding hydrogens is 582 g/mol. The first-order valence-electron chi connectivity index (χ1n) is 13.4. The number of para-hydroxylation sites is 1. The van der Waals surface area contributed by atoms with Crippen molar-refractivity contribution in [3.63, 3.8) is 0 Å². The Labute approximate surface area is 251 Å². The maximum Gasteiger partial charge on any atom is 0.267 e. The number of aromatic nitrogens is 7. The predicted molar refractivity (Wildman–Crippen MR) is 163 cm³/mol. The van der Waals surface area contributed by atoms with Gasteiger partial charge in [-0.1, -0.05) is 36.1 Å². The Morgan fingerprint density at radius 2 is 1.89 bits per heavy atom. The third-order valence-electron chi connectivity index (χ3n) is 6.87. The summed E-state index contributed by atoms with van der Waals surface area (Å²) in [4.78, 5) is 36.8. The molecule has 0 fully saturated rings. The van der Waals surface area contributed by atoms with Gasteiger partial charge in [-0.25, -0.2) is 22.9 Å². The highest BCUT2D eigenvalue weighted by Crippen LogP contribution is 2.21. The molecule has 6 aromatic rings. The molecule has 220 valence electrons.